The third-order valence-electron chi connectivity index (χ3n) is 2.71. The van der Waals surface area contributed by atoms with Gasteiger partial charge in [-0.3, -0.25) is 4.98 Å². The normalized spacial score (nSPS) is 11.0. The number of hydrogen-bond acceptors (Lipinski definition) is 4. The van der Waals surface area contributed by atoms with Crippen molar-refractivity contribution in [3.05, 3.63) is 40.8 Å². The van der Waals surface area contributed by atoms with Crippen molar-refractivity contribution in [3.63, 3.8) is 0 Å². The topological polar surface area (TPSA) is 51.8 Å². The van der Waals surface area contributed by atoms with E-state index in [1.54, 1.807) is 0 Å². The second-order valence-corrected chi connectivity index (χ2v) is 4.75. The Hall–Kier alpha value is -1.75. The molecule has 0 amide bonds. The number of rotatable bonds is 2. The Balaban J connectivity index is 2.15. The summed E-state index contributed by atoms with van der Waals surface area (Å²) in [6, 6.07) is 7.95. The van der Waals surface area contributed by atoms with E-state index in [1.165, 1.54) is 0 Å². The fraction of sp³-hybridized carbons (Fsp3) is 0.154. The zero-order valence-electron chi connectivity index (χ0n) is 9.72. The second-order valence-electron chi connectivity index (χ2n) is 3.90. The Morgan fingerprint density at radius 1 is 1.33 bits per heavy atom. The van der Waals surface area contributed by atoms with Crippen LogP contribution in [0, 0.1) is 0 Å². The lowest BCUT2D eigenvalue weighted by Gasteiger charge is -2.01. The highest BCUT2D eigenvalue weighted by molar-refractivity contribution is 9.10. The molecule has 3 aromatic rings. The van der Waals surface area contributed by atoms with Crippen molar-refractivity contribution in [3.8, 4) is 11.6 Å². The molecule has 90 valence electrons. The number of benzene rings is 1. The van der Waals surface area contributed by atoms with E-state index in [0.717, 1.165) is 21.7 Å². The Morgan fingerprint density at radius 3 is 3.00 bits per heavy atom. The molecule has 4 nitrogen and oxygen atoms in total. The molecule has 0 bridgehead atoms. The van der Waals surface area contributed by atoms with E-state index >= 15 is 0 Å². The monoisotopic (exact) mass is 303 g/mol. The van der Waals surface area contributed by atoms with E-state index in [2.05, 4.69) is 31.1 Å². The van der Waals surface area contributed by atoms with Crippen LogP contribution in [0.1, 0.15) is 12.7 Å². The number of halogens is 1. The minimum Gasteiger partial charge on any atom is -0.332 e. The summed E-state index contributed by atoms with van der Waals surface area (Å²) >= 11 is 3.53. The molecule has 0 aliphatic carbocycles. The van der Waals surface area contributed by atoms with Gasteiger partial charge < -0.3 is 4.52 Å². The van der Waals surface area contributed by atoms with Crippen LogP contribution in [0.15, 0.2) is 39.5 Å². The SMILES string of the molecule is CCc1noc(-c2cc3c(Br)cccc3cn2)n1. The Labute approximate surface area is 112 Å². The summed E-state index contributed by atoms with van der Waals surface area (Å²) in [6.07, 6.45) is 2.56. The smallest absolute Gasteiger partial charge is 0.276 e. The quantitative estimate of drug-likeness (QED) is 0.725. The number of aromatic nitrogens is 3. The first-order chi connectivity index (χ1) is 8.78. The molecule has 0 fully saturated rings. The molecule has 5 heteroatoms. The maximum absolute atomic E-state index is 5.19. The first kappa shape index (κ1) is 11.3. The van der Waals surface area contributed by atoms with Gasteiger partial charge in [-0.05, 0) is 17.5 Å². The lowest BCUT2D eigenvalue weighted by Crippen LogP contribution is -1.86. The standard InChI is InChI=1S/C13H10BrN3O/c1-2-12-16-13(18-17-12)11-6-9-8(7-15-11)4-3-5-10(9)14/h3-7H,2H2,1H3. The molecular formula is C13H10BrN3O. The maximum atomic E-state index is 5.19. The first-order valence-electron chi connectivity index (χ1n) is 5.65. The van der Waals surface area contributed by atoms with Crippen LogP contribution >= 0.6 is 15.9 Å². The van der Waals surface area contributed by atoms with Crippen LogP contribution < -0.4 is 0 Å². The lowest BCUT2D eigenvalue weighted by molar-refractivity contribution is 0.422. The lowest BCUT2D eigenvalue weighted by atomic mass is 10.1. The predicted molar refractivity (Wildman–Crippen MR) is 72.1 cm³/mol. The molecule has 2 aromatic heterocycles. The van der Waals surface area contributed by atoms with Gasteiger partial charge >= 0.3 is 0 Å². The molecular weight excluding hydrogens is 294 g/mol. The van der Waals surface area contributed by atoms with Crippen LogP contribution in [-0.4, -0.2) is 15.1 Å². The average Bonchev–Trinajstić information content (AvgIpc) is 2.88. The van der Waals surface area contributed by atoms with Crippen molar-refractivity contribution in [2.45, 2.75) is 13.3 Å². The largest absolute Gasteiger partial charge is 0.332 e. The highest BCUT2D eigenvalue weighted by Gasteiger charge is 2.10. The van der Waals surface area contributed by atoms with Gasteiger partial charge in [0.25, 0.3) is 5.89 Å². The van der Waals surface area contributed by atoms with Gasteiger partial charge in [-0.2, -0.15) is 4.98 Å². The van der Waals surface area contributed by atoms with Crippen LogP contribution in [0.5, 0.6) is 0 Å². The number of nitrogens with zero attached hydrogens (tertiary/aromatic N) is 3. The van der Waals surface area contributed by atoms with Crippen molar-refractivity contribution in [2.24, 2.45) is 0 Å². The molecule has 18 heavy (non-hydrogen) atoms. The molecule has 0 radical (unpaired) electrons. The molecule has 0 saturated heterocycles. The summed E-state index contributed by atoms with van der Waals surface area (Å²) < 4.78 is 6.22. The van der Waals surface area contributed by atoms with Gasteiger partial charge in [0.15, 0.2) is 5.82 Å². The van der Waals surface area contributed by atoms with Gasteiger partial charge in [0.2, 0.25) is 0 Å². The molecule has 0 aliphatic heterocycles. The van der Waals surface area contributed by atoms with Crippen LogP contribution in [0.3, 0.4) is 0 Å². The van der Waals surface area contributed by atoms with E-state index in [1.807, 2.05) is 37.4 Å². The first-order valence-corrected chi connectivity index (χ1v) is 6.44. The third-order valence-corrected chi connectivity index (χ3v) is 3.41. The summed E-state index contributed by atoms with van der Waals surface area (Å²) in [6.45, 7) is 1.99. The van der Waals surface area contributed by atoms with Crippen LogP contribution in [0.25, 0.3) is 22.4 Å². The molecule has 0 spiro atoms. The van der Waals surface area contributed by atoms with E-state index in [4.69, 9.17) is 4.52 Å². The van der Waals surface area contributed by atoms with E-state index in [-0.39, 0.29) is 0 Å². The van der Waals surface area contributed by atoms with Crippen molar-refractivity contribution >= 4 is 26.7 Å². The zero-order chi connectivity index (χ0) is 12.5. The van der Waals surface area contributed by atoms with Crippen molar-refractivity contribution in [1.29, 1.82) is 0 Å². The Morgan fingerprint density at radius 2 is 2.22 bits per heavy atom. The van der Waals surface area contributed by atoms with E-state index < -0.39 is 0 Å². The molecule has 3 rings (SSSR count). The van der Waals surface area contributed by atoms with Gasteiger partial charge in [-0.15, -0.1) is 0 Å². The number of aryl methyl sites for hydroxylation is 1. The van der Waals surface area contributed by atoms with Gasteiger partial charge in [0.1, 0.15) is 5.69 Å². The highest BCUT2D eigenvalue weighted by atomic mass is 79.9. The molecule has 0 atom stereocenters. The van der Waals surface area contributed by atoms with Gasteiger partial charge in [0.05, 0.1) is 0 Å². The molecule has 0 unspecified atom stereocenters. The van der Waals surface area contributed by atoms with Crippen LogP contribution in [0.2, 0.25) is 0 Å². The van der Waals surface area contributed by atoms with Gasteiger partial charge in [-0.25, -0.2) is 0 Å². The predicted octanol–water partition coefficient (Wildman–Crippen LogP) is 3.61. The maximum Gasteiger partial charge on any atom is 0.276 e. The summed E-state index contributed by atoms with van der Waals surface area (Å²) in [5, 5.41) is 6.03. The van der Waals surface area contributed by atoms with Crippen molar-refractivity contribution < 1.29 is 4.52 Å². The van der Waals surface area contributed by atoms with E-state index in [0.29, 0.717) is 17.4 Å². The summed E-state index contributed by atoms with van der Waals surface area (Å²) in [5.74, 6) is 1.16. The molecule has 0 N–H and O–H groups in total. The number of hydrogen-bond donors (Lipinski definition) is 0. The van der Waals surface area contributed by atoms with Gasteiger partial charge in [-0.1, -0.05) is 40.1 Å². The Bertz CT molecular complexity index is 708. The molecule has 2 heterocycles. The van der Waals surface area contributed by atoms with E-state index in [9.17, 15) is 0 Å². The second kappa shape index (κ2) is 4.49. The van der Waals surface area contributed by atoms with Gasteiger partial charge in [0, 0.05) is 22.5 Å². The molecule has 1 aromatic carbocycles. The van der Waals surface area contributed by atoms with Crippen LogP contribution in [0.4, 0.5) is 0 Å². The third kappa shape index (κ3) is 1.90. The number of fused-ring (bicyclic) bond motifs is 1. The summed E-state index contributed by atoms with van der Waals surface area (Å²) in [5.41, 5.74) is 0.696. The molecule has 0 saturated carbocycles. The average molecular weight is 304 g/mol. The molecule has 0 aliphatic rings. The number of pyridine rings is 1. The minimum atomic E-state index is 0.463. The van der Waals surface area contributed by atoms with Crippen LogP contribution in [-0.2, 0) is 6.42 Å². The van der Waals surface area contributed by atoms with Crippen molar-refractivity contribution in [2.75, 3.05) is 0 Å². The highest BCUT2D eigenvalue weighted by Crippen LogP contribution is 2.26. The Kier molecular flexibility index (Phi) is 2.83. The fourth-order valence-electron chi connectivity index (χ4n) is 1.75. The van der Waals surface area contributed by atoms with Crippen molar-refractivity contribution in [1.82, 2.24) is 15.1 Å². The minimum absolute atomic E-state index is 0.463. The summed E-state index contributed by atoms with van der Waals surface area (Å²) in [7, 11) is 0. The zero-order valence-corrected chi connectivity index (χ0v) is 11.3. The summed E-state index contributed by atoms with van der Waals surface area (Å²) in [4.78, 5) is 8.63. The fourth-order valence-corrected chi connectivity index (χ4v) is 2.25.